The highest BCUT2D eigenvalue weighted by Gasteiger charge is 2.45. The molecule has 3 amide bonds. The molecule has 0 aliphatic heterocycles. The van der Waals surface area contributed by atoms with Crippen LogP contribution in [0.5, 0.6) is 5.75 Å². The van der Waals surface area contributed by atoms with Gasteiger partial charge in [0.15, 0.2) is 5.78 Å². The Balaban J connectivity index is 2.40. The van der Waals surface area contributed by atoms with E-state index < -0.39 is 78.1 Å². The Labute approximate surface area is 270 Å². The van der Waals surface area contributed by atoms with Gasteiger partial charge in [-0.05, 0) is 62.1 Å². The summed E-state index contributed by atoms with van der Waals surface area (Å²) in [4.78, 5) is 64.3. The fourth-order valence-corrected chi connectivity index (χ4v) is 4.60. The molecule has 2 rings (SSSR count). The van der Waals surface area contributed by atoms with Crippen molar-refractivity contribution in [1.29, 1.82) is 0 Å². The third-order valence-electron chi connectivity index (χ3n) is 6.67. The van der Waals surface area contributed by atoms with Gasteiger partial charge in [-0.15, -0.1) is 0 Å². The van der Waals surface area contributed by atoms with Crippen molar-refractivity contribution in [3.63, 3.8) is 0 Å². The summed E-state index contributed by atoms with van der Waals surface area (Å²) in [7, 11) is 1.41. The molecule has 2 aromatic rings. The number of Topliss-reactive ketones (excluding diaryl/α,β-unsaturated/α-hetero) is 2. The molecule has 252 valence electrons. The van der Waals surface area contributed by atoms with Gasteiger partial charge in [-0.25, -0.2) is 4.79 Å². The summed E-state index contributed by atoms with van der Waals surface area (Å²) < 4.78 is 50.3. The second-order valence-electron chi connectivity index (χ2n) is 11.9. The number of alkyl halides is 3. The largest absolute Gasteiger partial charge is 0.497 e. The number of alkyl carbamates (subject to hydrolysis) is 1. The van der Waals surface area contributed by atoms with Gasteiger partial charge in [-0.3, -0.25) is 19.2 Å². The summed E-state index contributed by atoms with van der Waals surface area (Å²) >= 11 is 6.10. The van der Waals surface area contributed by atoms with Crippen molar-refractivity contribution < 1.29 is 46.6 Å². The van der Waals surface area contributed by atoms with E-state index in [0.717, 1.165) is 0 Å². The van der Waals surface area contributed by atoms with Crippen molar-refractivity contribution >= 4 is 41.1 Å². The molecule has 10 nitrogen and oxygen atoms in total. The molecule has 0 heterocycles. The van der Waals surface area contributed by atoms with Crippen LogP contribution in [0.3, 0.4) is 0 Å². The first-order valence-corrected chi connectivity index (χ1v) is 14.8. The minimum absolute atomic E-state index is 0.102. The van der Waals surface area contributed by atoms with Crippen LogP contribution in [0.1, 0.15) is 58.2 Å². The average molecular weight is 670 g/mol. The maximum atomic E-state index is 13.7. The van der Waals surface area contributed by atoms with Crippen LogP contribution in [0.2, 0.25) is 5.02 Å². The molecule has 0 aliphatic carbocycles. The predicted octanol–water partition coefficient (Wildman–Crippen LogP) is 5.12. The lowest BCUT2D eigenvalue weighted by atomic mass is 9.84. The van der Waals surface area contributed by atoms with Crippen LogP contribution in [0.15, 0.2) is 48.5 Å². The van der Waals surface area contributed by atoms with Gasteiger partial charge in [0.1, 0.15) is 30.0 Å². The Kier molecular flexibility index (Phi) is 13.6. The standard InChI is InChI=1S/C32H39ClF3N3O7/c1-18(2)23(28(42)32(34,35)36)16-25(40)27(20-10-12-22(45-6)13-11-20)39-29(43)24(15-19-8-7-9-21(33)14-19)38-26(41)17-37-30(44)46-31(3,4)5/h7-14,18,23-24,27H,15-17H2,1-6H3,(H,37,44)(H,38,41)(H,39,43)/t23-,24-,27-/m0/s1. The Morgan fingerprint density at radius 1 is 0.935 bits per heavy atom. The molecule has 14 heteroatoms. The van der Waals surface area contributed by atoms with Crippen LogP contribution in [-0.2, 0) is 30.3 Å². The molecule has 0 radical (unpaired) electrons. The molecule has 0 aliphatic rings. The Bertz CT molecular complexity index is 1390. The average Bonchev–Trinajstić information content (AvgIpc) is 2.95. The highest BCUT2D eigenvalue weighted by Crippen LogP contribution is 2.30. The number of rotatable bonds is 14. The molecule has 46 heavy (non-hydrogen) atoms. The first-order valence-electron chi connectivity index (χ1n) is 14.4. The number of carbonyl (C=O) groups excluding carboxylic acids is 5. The topological polar surface area (TPSA) is 140 Å². The van der Waals surface area contributed by atoms with Crippen LogP contribution in [0.25, 0.3) is 0 Å². The van der Waals surface area contributed by atoms with E-state index in [1.807, 2.05) is 0 Å². The minimum Gasteiger partial charge on any atom is -0.497 e. The molecular weight excluding hydrogens is 631 g/mol. The monoisotopic (exact) mass is 669 g/mol. The van der Waals surface area contributed by atoms with E-state index in [4.69, 9.17) is 21.1 Å². The third kappa shape index (κ3) is 12.3. The van der Waals surface area contributed by atoms with Gasteiger partial charge in [0.25, 0.3) is 0 Å². The van der Waals surface area contributed by atoms with Gasteiger partial charge in [0, 0.05) is 23.8 Å². The zero-order valence-electron chi connectivity index (χ0n) is 26.4. The van der Waals surface area contributed by atoms with Crippen LogP contribution >= 0.6 is 11.6 Å². The van der Waals surface area contributed by atoms with Crippen molar-refractivity contribution in [2.24, 2.45) is 11.8 Å². The van der Waals surface area contributed by atoms with Gasteiger partial charge in [-0.2, -0.15) is 13.2 Å². The second kappa shape index (κ2) is 16.4. The molecule has 0 saturated carbocycles. The maximum Gasteiger partial charge on any atom is 0.450 e. The van der Waals surface area contributed by atoms with Gasteiger partial charge >= 0.3 is 12.3 Å². The minimum atomic E-state index is -5.16. The van der Waals surface area contributed by atoms with Crippen LogP contribution < -0.4 is 20.7 Å². The van der Waals surface area contributed by atoms with Gasteiger partial charge in [0.2, 0.25) is 17.6 Å². The molecule has 0 saturated heterocycles. The van der Waals surface area contributed by atoms with Crippen molar-refractivity contribution in [2.45, 2.75) is 71.3 Å². The Hall–Kier alpha value is -4.13. The molecule has 0 spiro atoms. The number of benzene rings is 2. The van der Waals surface area contributed by atoms with Gasteiger partial charge in [0.05, 0.1) is 7.11 Å². The van der Waals surface area contributed by atoms with E-state index in [9.17, 15) is 37.1 Å². The Morgan fingerprint density at radius 2 is 1.57 bits per heavy atom. The van der Waals surface area contributed by atoms with E-state index in [0.29, 0.717) is 16.3 Å². The lowest BCUT2D eigenvalue weighted by molar-refractivity contribution is -0.177. The van der Waals surface area contributed by atoms with Crippen LogP contribution in [0.4, 0.5) is 18.0 Å². The fraction of sp³-hybridized carbons (Fsp3) is 0.469. The molecule has 0 unspecified atom stereocenters. The number of amides is 3. The summed E-state index contributed by atoms with van der Waals surface area (Å²) in [6.45, 7) is 7.16. The van der Waals surface area contributed by atoms with Gasteiger partial charge < -0.3 is 25.4 Å². The molecule has 0 fully saturated rings. The quantitative estimate of drug-likeness (QED) is 0.254. The van der Waals surface area contributed by atoms with Crippen molar-refractivity contribution in [2.75, 3.05) is 13.7 Å². The molecule has 0 aromatic heterocycles. The van der Waals surface area contributed by atoms with Crippen LogP contribution in [0, 0.1) is 11.8 Å². The molecule has 0 bridgehead atoms. The summed E-state index contributed by atoms with van der Waals surface area (Å²) in [6.07, 6.45) is -6.93. The van der Waals surface area contributed by atoms with Crippen molar-refractivity contribution in [3.05, 3.63) is 64.7 Å². The molecule has 3 atom stereocenters. The first-order chi connectivity index (χ1) is 21.3. The zero-order valence-corrected chi connectivity index (χ0v) is 27.2. The number of hydrogen-bond donors (Lipinski definition) is 3. The number of hydrogen-bond acceptors (Lipinski definition) is 7. The smallest absolute Gasteiger partial charge is 0.450 e. The number of halogens is 4. The summed E-state index contributed by atoms with van der Waals surface area (Å²) in [6, 6.07) is 9.54. The van der Waals surface area contributed by atoms with Gasteiger partial charge in [-0.1, -0.05) is 49.7 Å². The highest BCUT2D eigenvalue weighted by atomic mass is 35.5. The van der Waals surface area contributed by atoms with E-state index in [-0.39, 0.29) is 12.0 Å². The number of ketones is 2. The number of carbonyl (C=O) groups is 5. The predicted molar refractivity (Wildman–Crippen MR) is 164 cm³/mol. The number of nitrogens with one attached hydrogen (secondary N) is 3. The molecular formula is C32H39ClF3N3O7. The second-order valence-corrected chi connectivity index (χ2v) is 12.3. The molecule has 2 aromatic carbocycles. The zero-order chi connectivity index (χ0) is 34.8. The summed E-state index contributed by atoms with van der Waals surface area (Å²) in [5.41, 5.74) is -0.0748. The SMILES string of the molecule is COc1ccc([C@H](NC(=O)[C@H](Cc2cccc(Cl)c2)NC(=O)CNC(=O)OC(C)(C)C)C(=O)C[C@H](C(=O)C(F)(F)F)C(C)C)cc1. The first kappa shape index (κ1) is 38.1. The van der Waals surface area contributed by atoms with Crippen LogP contribution in [-0.4, -0.2) is 60.9 Å². The fourth-order valence-electron chi connectivity index (χ4n) is 4.39. The third-order valence-corrected chi connectivity index (χ3v) is 6.91. The van der Waals surface area contributed by atoms with E-state index in [1.54, 1.807) is 45.0 Å². The lowest BCUT2D eigenvalue weighted by Crippen LogP contribution is -2.52. The van der Waals surface area contributed by atoms with E-state index in [1.165, 1.54) is 45.2 Å². The maximum absolute atomic E-state index is 13.7. The summed E-state index contributed by atoms with van der Waals surface area (Å²) in [5.74, 6) is -6.63. The highest BCUT2D eigenvalue weighted by molar-refractivity contribution is 6.30. The number of methoxy groups -OCH3 is 1. The summed E-state index contributed by atoms with van der Waals surface area (Å²) in [5, 5.41) is 7.71. The van der Waals surface area contributed by atoms with E-state index >= 15 is 0 Å². The Morgan fingerprint density at radius 3 is 2.09 bits per heavy atom. The van der Waals surface area contributed by atoms with Crippen molar-refractivity contribution in [1.82, 2.24) is 16.0 Å². The lowest BCUT2D eigenvalue weighted by Gasteiger charge is -2.26. The van der Waals surface area contributed by atoms with Crippen molar-refractivity contribution in [3.8, 4) is 5.75 Å². The molecule has 3 N–H and O–H groups in total. The van der Waals surface area contributed by atoms with E-state index in [2.05, 4.69) is 16.0 Å². The number of ether oxygens (including phenoxy) is 2. The normalized spacial score (nSPS) is 13.6.